The van der Waals surface area contributed by atoms with Gasteiger partial charge in [-0.25, -0.2) is 9.78 Å². The normalized spacial score (nSPS) is 13.0. The summed E-state index contributed by atoms with van der Waals surface area (Å²) in [6, 6.07) is -0.962. The molecule has 0 aromatic carbocycles. The van der Waals surface area contributed by atoms with Gasteiger partial charge in [0.2, 0.25) is 5.01 Å². The Morgan fingerprint density at radius 1 is 1.60 bits per heavy atom. The van der Waals surface area contributed by atoms with Gasteiger partial charge in [0, 0.05) is 15.9 Å². The van der Waals surface area contributed by atoms with Crippen LogP contribution in [0.5, 0.6) is 0 Å². The molecule has 1 atom stereocenters. The number of nitrogens with two attached hydrogens (primary N) is 1. The van der Waals surface area contributed by atoms with Crippen molar-refractivity contribution in [2.45, 2.75) is 37.3 Å². The highest BCUT2D eigenvalue weighted by atomic mass is 32.2. The van der Waals surface area contributed by atoms with E-state index in [2.05, 4.69) is 4.98 Å². The summed E-state index contributed by atoms with van der Waals surface area (Å²) in [5.74, 6) is -0.979. The molecule has 0 aliphatic carbocycles. The lowest BCUT2D eigenvalue weighted by atomic mass is 10.1. The average Bonchev–Trinajstić information content (AvgIpc) is 2.84. The SMILES string of the molecule is CCOC(=O)c1nc(CSC(C)(C)[C@@H](N)C(=O)O)cs1. The third-order valence-electron chi connectivity index (χ3n) is 2.61. The fourth-order valence-corrected chi connectivity index (χ4v) is 3.07. The van der Waals surface area contributed by atoms with Crippen molar-refractivity contribution in [3.63, 3.8) is 0 Å². The number of carboxylic acids is 1. The summed E-state index contributed by atoms with van der Waals surface area (Å²) in [7, 11) is 0. The van der Waals surface area contributed by atoms with Gasteiger partial charge in [-0.15, -0.1) is 23.1 Å². The minimum Gasteiger partial charge on any atom is -0.480 e. The fraction of sp³-hybridized carbons (Fsp3) is 0.583. The second kappa shape index (κ2) is 7.05. The highest BCUT2D eigenvalue weighted by molar-refractivity contribution is 7.99. The summed E-state index contributed by atoms with van der Waals surface area (Å²) in [4.78, 5) is 26.6. The van der Waals surface area contributed by atoms with E-state index in [0.29, 0.717) is 23.1 Å². The second-order valence-corrected chi connectivity index (χ2v) is 7.06. The predicted octanol–water partition coefficient (Wildman–Crippen LogP) is 1.74. The third kappa shape index (κ3) is 4.46. The van der Waals surface area contributed by atoms with Crippen LogP contribution in [-0.2, 0) is 15.3 Å². The molecule has 3 N–H and O–H groups in total. The van der Waals surface area contributed by atoms with E-state index in [4.69, 9.17) is 15.6 Å². The van der Waals surface area contributed by atoms with Crippen LogP contribution in [0, 0.1) is 0 Å². The third-order valence-corrected chi connectivity index (χ3v) is 4.92. The first-order valence-corrected chi connectivity index (χ1v) is 7.88. The van der Waals surface area contributed by atoms with Crippen molar-refractivity contribution in [1.29, 1.82) is 0 Å². The van der Waals surface area contributed by atoms with Crippen LogP contribution in [0.3, 0.4) is 0 Å². The van der Waals surface area contributed by atoms with Gasteiger partial charge in [-0.05, 0) is 20.8 Å². The van der Waals surface area contributed by atoms with Crippen LogP contribution in [0.1, 0.15) is 36.3 Å². The summed E-state index contributed by atoms with van der Waals surface area (Å²) in [5, 5.41) is 11.0. The van der Waals surface area contributed by atoms with Crippen LogP contribution in [0.15, 0.2) is 5.38 Å². The van der Waals surface area contributed by atoms with Gasteiger partial charge in [-0.2, -0.15) is 0 Å². The first-order valence-electron chi connectivity index (χ1n) is 6.01. The molecule has 0 saturated heterocycles. The van der Waals surface area contributed by atoms with E-state index in [1.54, 1.807) is 26.2 Å². The van der Waals surface area contributed by atoms with E-state index < -0.39 is 22.7 Å². The summed E-state index contributed by atoms with van der Waals surface area (Å²) in [6.45, 7) is 5.59. The van der Waals surface area contributed by atoms with E-state index in [1.165, 1.54) is 23.1 Å². The van der Waals surface area contributed by atoms with Crippen LogP contribution in [0.2, 0.25) is 0 Å². The van der Waals surface area contributed by atoms with Gasteiger partial charge >= 0.3 is 11.9 Å². The lowest BCUT2D eigenvalue weighted by Crippen LogP contribution is -2.46. The Morgan fingerprint density at radius 3 is 2.80 bits per heavy atom. The molecular formula is C12H18N2O4S2. The Hall–Kier alpha value is -1.12. The molecule has 0 unspecified atom stereocenters. The zero-order valence-electron chi connectivity index (χ0n) is 11.6. The maximum absolute atomic E-state index is 11.5. The fourth-order valence-electron chi connectivity index (χ4n) is 1.31. The zero-order chi connectivity index (χ0) is 15.3. The molecule has 1 heterocycles. The van der Waals surface area contributed by atoms with E-state index in [9.17, 15) is 9.59 Å². The average molecular weight is 318 g/mol. The molecule has 0 amide bonds. The van der Waals surface area contributed by atoms with Gasteiger partial charge in [0.25, 0.3) is 0 Å². The smallest absolute Gasteiger partial charge is 0.367 e. The molecule has 0 fully saturated rings. The van der Waals surface area contributed by atoms with E-state index in [0.717, 1.165) is 0 Å². The van der Waals surface area contributed by atoms with Crippen LogP contribution in [0.4, 0.5) is 0 Å². The minimum atomic E-state index is -1.03. The Morgan fingerprint density at radius 2 is 2.25 bits per heavy atom. The topological polar surface area (TPSA) is 103 Å². The number of nitrogens with zero attached hydrogens (tertiary/aromatic N) is 1. The monoisotopic (exact) mass is 318 g/mol. The molecule has 1 aromatic heterocycles. The van der Waals surface area contributed by atoms with E-state index in [1.807, 2.05) is 0 Å². The first kappa shape index (κ1) is 16.9. The number of ether oxygens (including phenoxy) is 1. The van der Waals surface area contributed by atoms with Crippen LogP contribution in [0.25, 0.3) is 0 Å². The van der Waals surface area contributed by atoms with Crippen molar-refractivity contribution in [2.24, 2.45) is 5.73 Å². The lowest BCUT2D eigenvalue weighted by Gasteiger charge is -2.27. The molecule has 1 aromatic rings. The van der Waals surface area contributed by atoms with Gasteiger partial charge in [0.05, 0.1) is 12.3 Å². The number of carbonyl (C=O) groups excluding carboxylic acids is 1. The molecule has 112 valence electrons. The number of thioether (sulfide) groups is 1. The summed E-state index contributed by atoms with van der Waals surface area (Å²) in [6.07, 6.45) is 0. The molecule has 0 spiro atoms. The van der Waals surface area contributed by atoms with Crippen molar-refractivity contribution in [3.8, 4) is 0 Å². The maximum atomic E-state index is 11.5. The standard InChI is InChI=1S/C12H18N2O4S2/c1-4-18-11(17)9-14-7(5-19-9)6-20-12(2,3)8(13)10(15)16/h5,8H,4,6,13H2,1-3H3,(H,15,16)/t8-/m0/s1. The van der Waals surface area contributed by atoms with E-state index >= 15 is 0 Å². The Kier molecular flexibility index (Phi) is 5.97. The Bertz CT molecular complexity index is 488. The van der Waals surface area contributed by atoms with Crippen molar-refractivity contribution in [1.82, 2.24) is 4.98 Å². The molecule has 1 rings (SSSR count). The largest absolute Gasteiger partial charge is 0.480 e. The molecule has 0 saturated carbocycles. The maximum Gasteiger partial charge on any atom is 0.367 e. The highest BCUT2D eigenvalue weighted by Crippen LogP contribution is 2.31. The van der Waals surface area contributed by atoms with Crippen molar-refractivity contribution >= 4 is 35.0 Å². The molecule has 6 nitrogen and oxygen atoms in total. The van der Waals surface area contributed by atoms with Gasteiger partial charge < -0.3 is 15.6 Å². The van der Waals surface area contributed by atoms with Gasteiger partial charge in [0.15, 0.2) is 0 Å². The van der Waals surface area contributed by atoms with Crippen LogP contribution >= 0.6 is 23.1 Å². The first-order chi connectivity index (χ1) is 9.27. The number of aliphatic carboxylic acids is 1. The van der Waals surface area contributed by atoms with Crippen molar-refractivity contribution in [3.05, 3.63) is 16.1 Å². The highest BCUT2D eigenvalue weighted by Gasteiger charge is 2.32. The number of esters is 1. The number of rotatable bonds is 7. The van der Waals surface area contributed by atoms with Crippen LogP contribution in [-0.4, -0.2) is 39.4 Å². The number of thiazole rings is 1. The van der Waals surface area contributed by atoms with E-state index in [-0.39, 0.29) is 0 Å². The quantitative estimate of drug-likeness (QED) is 0.738. The minimum absolute atomic E-state index is 0.308. The molecular weight excluding hydrogens is 300 g/mol. The summed E-state index contributed by atoms with van der Waals surface area (Å²) in [5.41, 5.74) is 6.36. The summed E-state index contributed by atoms with van der Waals surface area (Å²) >= 11 is 2.61. The Labute approximate surface area is 125 Å². The second-order valence-electron chi connectivity index (χ2n) is 4.57. The number of carbonyl (C=O) groups is 2. The molecule has 20 heavy (non-hydrogen) atoms. The lowest BCUT2D eigenvalue weighted by molar-refractivity contribution is -0.139. The molecule has 0 aliphatic rings. The number of aromatic nitrogens is 1. The van der Waals surface area contributed by atoms with Gasteiger partial charge in [-0.1, -0.05) is 0 Å². The number of hydrogen-bond donors (Lipinski definition) is 2. The predicted molar refractivity (Wildman–Crippen MR) is 79.1 cm³/mol. The van der Waals surface area contributed by atoms with Gasteiger partial charge in [0.1, 0.15) is 6.04 Å². The summed E-state index contributed by atoms with van der Waals surface area (Å²) < 4.78 is 4.24. The molecule has 0 aliphatic heterocycles. The molecule has 0 radical (unpaired) electrons. The Balaban J connectivity index is 2.62. The van der Waals surface area contributed by atoms with Crippen molar-refractivity contribution in [2.75, 3.05) is 6.61 Å². The molecule has 8 heteroatoms. The van der Waals surface area contributed by atoms with Crippen LogP contribution < -0.4 is 5.73 Å². The number of carboxylic acid groups (broad SMARTS) is 1. The zero-order valence-corrected chi connectivity index (χ0v) is 13.2. The molecule has 0 bridgehead atoms. The van der Waals surface area contributed by atoms with Gasteiger partial charge in [-0.3, -0.25) is 4.79 Å². The van der Waals surface area contributed by atoms with Crippen molar-refractivity contribution < 1.29 is 19.4 Å². The number of hydrogen-bond acceptors (Lipinski definition) is 7.